The number of pyridine rings is 1. The molecule has 2 aromatic heterocycles. The second-order valence-electron chi connectivity index (χ2n) is 9.06. The van der Waals surface area contributed by atoms with E-state index in [1.807, 2.05) is 18.3 Å². The summed E-state index contributed by atoms with van der Waals surface area (Å²) in [4.78, 5) is 7.03. The predicted octanol–water partition coefficient (Wildman–Crippen LogP) is 5.20. The summed E-state index contributed by atoms with van der Waals surface area (Å²) in [5.74, 6) is 0. The van der Waals surface area contributed by atoms with Crippen molar-refractivity contribution in [2.75, 3.05) is 13.2 Å². The van der Waals surface area contributed by atoms with E-state index in [4.69, 9.17) is 21.9 Å². The van der Waals surface area contributed by atoms with E-state index in [1.54, 1.807) is 0 Å². The first-order valence-electron chi connectivity index (χ1n) is 11.9. The molecule has 2 fully saturated rings. The van der Waals surface area contributed by atoms with Gasteiger partial charge in [0.25, 0.3) is 0 Å². The zero-order valence-electron chi connectivity index (χ0n) is 19.6. The Morgan fingerprint density at radius 2 is 1.97 bits per heavy atom. The molecule has 1 aromatic carbocycles. The molecule has 2 aliphatic heterocycles. The number of hydrogen-bond donors (Lipinski definition) is 1. The Labute approximate surface area is 201 Å². The summed E-state index contributed by atoms with van der Waals surface area (Å²) in [6.45, 7) is 8.29. The van der Waals surface area contributed by atoms with Crippen molar-refractivity contribution in [2.45, 2.75) is 58.2 Å². The van der Waals surface area contributed by atoms with Gasteiger partial charge < -0.3 is 19.5 Å². The Bertz CT molecular complexity index is 1140. The Morgan fingerprint density at radius 3 is 2.70 bits per heavy atom. The highest BCUT2D eigenvalue weighted by Gasteiger charge is 2.42. The summed E-state index contributed by atoms with van der Waals surface area (Å²) in [7, 11) is 0. The van der Waals surface area contributed by atoms with Crippen molar-refractivity contribution in [3.05, 3.63) is 82.9 Å². The van der Waals surface area contributed by atoms with Gasteiger partial charge in [0.05, 0.1) is 23.9 Å². The summed E-state index contributed by atoms with van der Waals surface area (Å²) in [6, 6.07) is 17.2. The molecule has 0 spiro atoms. The van der Waals surface area contributed by atoms with Crippen LogP contribution in [-0.2, 0) is 11.2 Å². The van der Waals surface area contributed by atoms with Crippen molar-refractivity contribution in [3.8, 4) is 5.69 Å². The predicted molar refractivity (Wildman–Crippen MR) is 136 cm³/mol. The Hall–Kier alpha value is -2.70. The lowest BCUT2D eigenvalue weighted by Crippen LogP contribution is -2.36. The van der Waals surface area contributed by atoms with Gasteiger partial charge in [0.15, 0.2) is 5.11 Å². The van der Waals surface area contributed by atoms with Crippen LogP contribution in [0.4, 0.5) is 0 Å². The number of benzene rings is 1. The van der Waals surface area contributed by atoms with E-state index in [0.29, 0.717) is 0 Å². The maximum Gasteiger partial charge on any atom is 0.170 e. The second-order valence-corrected chi connectivity index (χ2v) is 9.44. The molecule has 0 unspecified atom stereocenters. The number of aryl methyl sites for hydroxylation is 2. The first-order valence-corrected chi connectivity index (χ1v) is 12.4. The Morgan fingerprint density at radius 1 is 1.15 bits per heavy atom. The molecule has 4 heterocycles. The number of nitrogens with zero attached hydrogens (tertiary/aromatic N) is 3. The zero-order valence-corrected chi connectivity index (χ0v) is 20.4. The fourth-order valence-electron chi connectivity index (χ4n) is 5.43. The average Bonchev–Trinajstić information content (AvgIpc) is 3.53. The number of hydrogen-bond acceptors (Lipinski definition) is 3. The van der Waals surface area contributed by atoms with Crippen LogP contribution in [0.3, 0.4) is 0 Å². The van der Waals surface area contributed by atoms with E-state index in [2.05, 4.69) is 72.0 Å². The lowest BCUT2D eigenvalue weighted by Gasteiger charge is -2.30. The molecule has 0 amide bonds. The molecule has 0 aliphatic carbocycles. The van der Waals surface area contributed by atoms with Gasteiger partial charge in [-0.05, 0) is 80.7 Å². The smallest absolute Gasteiger partial charge is 0.170 e. The van der Waals surface area contributed by atoms with Crippen molar-refractivity contribution in [1.29, 1.82) is 0 Å². The van der Waals surface area contributed by atoms with Crippen molar-refractivity contribution < 1.29 is 4.74 Å². The van der Waals surface area contributed by atoms with Crippen molar-refractivity contribution >= 4 is 17.3 Å². The number of thiocarbonyl (C=S) groups is 1. The highest BCUT2D eigenvalue weighted by Crippen LogP contribution is 2.42. The molecular formula is C27H32N4OS. The molecule has 3 aromatic rings. The SMILES string of the molecule is CCc1ccccc1-n1c(C)cc([C@H]2[C@H](c3ccccn3)NC(=S)N2C[C@@H]2CCCO2)c1C. The summed E-state index contributed by atoms with van der Waals surface area (Å²) in [5.41, 5.74) is 7.40. The lowest BCUT2D eigenvalue weighted by atomic mass is 9.96. The van der Waals surface area contributed by atoms with Gasteiger partial charge in [-0.1, -0.05) is 31.2 Å². The fourth-order valence-corrected chi connectivity index (χ4v) is 5.75. The monoisotopic (exact) mass is 460 g/mol. The number of aromatic nitrogens is 2. The lowest BCUT2D eigenvalue weighted by molar-refractivity contribution is 0.0842. The summed E-state index contributed by atoms with van der Waals surface area (Å²) < 4.78 is 8.40. The molecule has 0 radical (unpaired) electrons. The minimum Gasteiger partial charge on any atom is -0.376 e. The maximum absolute atomic E-state index is 6.00. The Kier molecular flexibility index (Phi) is 6.21. The highest BCUT2D eigenvalue weighted by atomic mass is 32.1. The molecule has 2 saturated heterocycles. The van der Waals surface area contributed by atoms with Gasteiger partial charge in [0.1, 0.15) is 0 Å². The molecule has 3 atom stereocenters. The number of rotatable bonds is 6. The van der Waals surface area contributed by atoms with Gasteiger partial charge in [-0.25, -0.2) is 0 Å². The third kappa shape index (κ3) is 4.06. The van der Waals surface area contributed by atoms with Gasteiger partial charge in [0, 0.05) is 36.4 Å². The first kappa shape index (κ1) is 22.1. The van der Waals surface area contributed by atoms with Gasteiger partial charge in [0.2, 0.25) is 0 Å². The molecule has 0 saturated carbocycles. The number of ether oxygens (including phenoxy) is 1. The van der Waals surface area contributed by atoms with Crippen LogP contribution >= 0.6 is 12.2 Å². The topological polar surface area (TPSA) is 42.3 Å². The van der Waals surface area contributed by atoms with E-state index in [9.17, 15) is 0 Å². The third-order valence-electron chi connectivity index (χ3n) is 7.02. The van der Waals surface area contributed by atoms with Crippen LogP contribution in [0.1, 0.15) is 60.1 Å². The van der Waals surface area contributed by atoms with Gasteiger partial charge >= 0.3 is 0 Å². The summed E-state index contributed by atoms with van der Waals surface area (Å²) in [5, 5.41) is 4.37. The van der Waals surface area contributed by atoms with E-state index in [0.717, 1.165) is 43.2 Å². The van der Waals surface area contributed by atoms with Crippen molar-refractivity contribution in [1.82, 2.24) is 19.8 Å². The molecule has 5 rings (SSSR count). The van der Waals surface area contributed by atoms with E-state index in [1.165, 1.54) is 28.2 Å². The minimum atomic E-state index is -0.00419. The van der Waals surface area contributed by atoms with Crippen LogP contribution in [0.2, 0.25) is 0 Å². The Balaban J connectivity index is 1.61. The second kappa shape index (κ2) is 9.27. The highest BCUT2D eigenvalue weighted by molar-refractivity contribution is 7.80. The molecule has 2 aliphatic rings. The van der Waals surface area contributed by atoms with Crippen LogP contribution in [0.5, 0.6) is 0 Å². The molecule has 0 bridgehead atoms. The summed E-state index contributed by atoms with van der Waals surface area (Å²) in [6.07, 6.45) is 5.29. The molecule has 33 heavy (non-hydrogen) atoms. The van der Waals surface area contributed by atoms with Crippen molar-refractivity contribution in [3.63, 3.8) is 0 Å². The maximum atomic E-state index is 6.00. The summed E-state index contributed by atoms with van der Waals surface area (Å²) >= 11 is 5.87. The number of nitrogens with one attached hydrogen (secondary N) is 1. The normalized spacial score (nSPS) is 22.7. The van der Waals surface area contributed by atoms with Crippen LogP contribution in [0.15, 0.2) is 54.7 Å². The average molecular weight is 461 g/mol. The van der Waals surface area contributed by atoms with Gasteiger partial charge in [-0.2, -0.15) is 0 Å². The minimum absolute atomic E-state index is 0.00419. The zero-order chi connectivity index (χ0) is 22.9. The third-order valence-corrected chi connectivity index (χ3v) is 7.38. The van der Waals surface area contributed by atoms with Crippen LogP contribution in [0.25, 0.3) is 5.69 Å². The van der Waals surface area contributed by atoms with Crippen LogP contribution in [-0.4, -0.2) is 38.8 Å². The van der Waals surface area contributed by atoms with E-state index in [-0.39, 0.29) is 18.2 Å². The first-order chi connectivity index (χ1) is 16.1. The molecule has 1 N–H and O–H groups in total. The van der Waals surface area contributed by atoms with E-state index < -0.39 is 0 Å². The van der Waals surface area contributed by atoms with E-state index >= 15 is 0 Å². The number of para-hydroxylation sites is 1. The van der Waals surface area contributed by atoms with Gasteiger partial charge in [-0.3, -0.25) is 4.98 Å². The van der Waals surface area contributed by atoms with Gasteiger partial charge in [-0.15, -0.1) is 0 Å². The van der Waals surface area contributed by atoms with Crippen LogP contribution < -0.4 is 5.32 Å². The standard InChI is InChI=1S/C27H32N4OS/c1-4-20-10-5-6-13-24(20)31-18(2)16-22(19(31)3)26-25(23-12-7-8-14-28-23)29-27(33)30(26)17-21-11-9-15-32-21/h5-8,10,12-14,16,21,25-26H,4,9,11,15,17H2,1-3H3,(H,29,33)/t21-,25-,26-/m0/s1. The molecule has 6 heteroatoms. The molecular weight excluding hydrogens is 428 g/mol. The van der Waals surface area contributed by atoms with Crippen molar-refractivity contribution in [2.24, 2.45) is 0 Å². The fraction of sp³-hybridized carbons (Fsp3) is 0.407. The largest absolute Gasteiger partial charge is 0.376 e. The van der Waals surface area contributed by atoms with Crippen LogP contribution in [0, 0.1) is 13.8 Å². The quantitative estimate of drug-likeness (QED) is 0.512. The molecule has 172 valence electrons. The molecule has 5 nitrogen and oxygen atoms in total.